The Morgan fingerprint density at radius 2 is 1.57 bits per heavy atom. The summed E-state index contributed by atoms with van der Waals surface area (Å²) in [7, 11) is 0. The Bertz CT molecular complexity index is 1840. The summed E-state index contributed by atoms with van der Waals surface area (Å²) >= 11 is 0. The van der Waals surface area contributed by atoms with Gasteiger partial charge in [-0.3, -0.25) is 19.2 Å². The van der Waals surface area contributed by atoms with Crippen LogP contribution in [-0.2, 0) is 4.79 Å². The number of hydrogen-bond acceptors (Lipinski definition) is 4. The van der Waals surface area contributed by atoms with Crippen molar-refractivity contribution in [3.8, 4) is 11.1 Å². The molecule has 0 saturated carbocycles. The third-order valence-corrected chi connectivity index (χ3v) is 6.68. The van der Waals surface area contributed by atoms with E-state index in [1.807, 2.05) is 13.0 Å². The molecule has 0 fully saturated rings. The number of carbonyl (C=O) groups is 4. The standard InChI is InChI=1S/C30H24FN5O4/c1-15-19(3-2-4-23(15)36-30(40)16-5-8-18(31)9-6-16)20-11-12-22(28(33)38)27-26(20)21-10-7-17(13-24(21)35-27)29(39)34-14-25(32)37/h2-13,35H,14H2,1H3,(H2,32,37)(H2,33,38)(H,34,39)(H,36,40). The molecule has 9 nitrogen and oxygen atoms in total. The minimum atomic E-state index is -0.665. The molecule has 0 atom stereocenters. The van der Waals surface area contributed by atoms with E-state index in [0.717, 1.165) is 22.1 Å². The lowest BCUT2D eigenvalue weighted by atomic mass is 9.93. The molecule has 200 valence electrons. The van der Waals surface area contributed by atoms with Crippen molar-refractivity contribution >= 4 is 51.1 Å². The van der Waals surface area contributed by atoms with Gasteiger partial charge in [-0.1, -0.05) is 24.3 Å². The number of amides is 4. The summed E-state index contributed by atoms with van der Waals surface area (Å²) in [5.74, 6) is -2.59. The first-order valence-electron chi connectivity index (χ1n) is 12.3. The number of fused-ring (bicyclic) bond motifs is 3. The quantitative estimate of drug-likeness (QED) is 0.212. The van der Waals surface area contributed by atoms with Crippen LogP contribution in [0.3, 0.4) is 0 Å². The SMILES string of the molecule is Cc1c(NC(=O)c2ccc(F)cc2)cccc1-c1ccc(C(N)=O)c2[nH]c3cc(C(=O)NCC(N)=O)ccc3c12. The van der Waals surface area contributed by atoms with Crippen molar-refractivity contribution in [2.45, 2.75) is 6.92 Å². The maximum absolute atomic E-state index is 13.3. The highest BCUT2D eigenvalue weighted by Crippen LogP contribution is 2.39. The van der Waals surface area contributed by atoms with Crippen LogP contribution in [0.5, 0.6) is 0 Å². The first-order valence-corrected chi connectivity index (χ1v) is 12.3. The second-order valence-corrected chi connectivity index (χ2v) is 9.25. The molecule has 4 aromatic carbocycles. The molecular formula is C30H24FN5O4. The third kappa shape index (κ3) is 4.85. The number of anilines is 1. The summed E-state index contributed by atoms with van der Waals surface area (Å²) < 4.78 is 13.3. The van der Waals surface area contributed by atoms with Gasteiger partial charge < -0.3 is 27.1 Å². The van der Waals surface area contributed by atoms with Gasteiger partial charge in [0.05, 0.1) is 17.6 Å². The van der Waals surface area contributed by atoms with Crippen LogP contribution in [0, 0.1) is 12.7 Å². The van der Waals surface area contributed by atoms with Gasteiger partial charge >= 0.3 is 0 Å². The number of rotatable bonds is 7. The van der Waals surface area contributed by atoms with Gasteiger partial charge in [-0.15, -0.1) is 0 Å². The molecule has 1 aromatic heterocycles. The highest BCUT2D eigenvalue weighted by Gasteiger charge is 2.20. The highest BCUT2D eigenvalue weighted by molar-refractivity contribution is 6.20. The van der Waals surface area contributed by atoms with Gasteiger partial charge in [0.25, 0.3) is 17.7 Å². The van der Waals surface area contributed by atoms with Crippen LogP contribution < -0.4 is 22.1 Å². The van der Waals surface area contributed by atoms with E-state index < -0.39 is 23.5 Å². The fourth-order valence-electron chi connectivity index (χ4n) is 4.71. The summed E-state index contributed by atoms with van der Waals surface area (Å²) in [4.78, 5) is 51.9. The number of primary amides is 2. The summed E-state index contributed by atoms with van der Waals surface area (Å²) in [6.07, 6.45) is 0. The number of aromatic amines is 1. The number of H-pyrrole nitrogens is 1. The molecule has 1 heterocycles. The maximum atomic E-state index is 13.3. The second kappa shape index (κ2) is 10.3. The predicted octanol–water partition coefficient (Wildman–Crippen LogP) is 4.00. The van der Waals surface area contributed by atoms with Crippen molar-refractivity contribution in [2.24, 2.45) is 11.5 Å². The monoisotopic (exact) mass is 537 g/mol. The van der Waals surface area contributed by atoms with E-state index in [2.05, 4.69) is 15.6 Å². The number of nitrogens with one attached hydrogen (secondary N) is 3. The number of nitrogens with two attached hydrogens (primary N) is 2. The normalized spacial score (nSPS) is 10.9. The minimum absolute atomic E-state index is 0.271. The zero-order chi connectivity index (χ0) is 28.6. The summed E-state index contributed by atoms with van der Waals surface area (Å²) in [5.41, 5.74) is 15.6. The van der Waals surface area contributed by atoms with Crippen molar-refractivity contribution < 1.29 is 23.6 Å². The largest absolute Gasteiger partial charge is 0.368 e. The lowest BCUT2D eigenvalue weighted by Gasteiger charge is -2.15. The Morgan fingerprint density at radius 1 is 0.850 bits per heavy atom. The van der Waals surface area contributed by atoms with E-state index in [1.54, 1.807) is 42.5 Å². The zero-order valence-electron chi connectivity index (χ0n) is 21.3. The maximum Gasteiger partial charge on any atom is 0.255 e. The summed E-state index contributed by atoms with van der Waals surface area (Å²) in [5, 5.41) is 6.78. The van der Waals surface area contributed by atoms with Crippen molar-refractivity contribution in [3.05, 3.63) is 101 Å². The van der Waals surface area contributed by atoms with Gasteiger partial charge in [-0.25, -0.2) is 4.39 Å². The topological polar surface area (TPSA) is 160 Å². The molecule has 0 aliphatic rings. The minimum Gasteiger partial charge on any atom is -0.368 e. The van der Waals surface area contributed by atoms with E-state index in [9.17, 15) is 23.6 Å². The van der Waals surface area contributed by atoms with E-state index >= 15 is 0 Å². The molecule has 7 N–H and O–H groups in total. The molecule has 40 heavy (non-hydrogen) atoms. The van der Waals surface area contributed by atoms with Crippen molar-refractivity contribution in [2.75, 3.05) is 11.9 Å². The molecule has 10 heteroatoms. The lowest BCUT2D eigenvalue weighted by Crippen LogP contribution is -2.33. The molecule has 0 saturated heterocycles. The van der Waals surface area contributed by atoms with Gasteiger partial charge in [0.1, 0.15) is 5.82 Å². The number of halogens is 1. The van der Waals surface area contributed by atoms with Gasteiger partial charge in [0.15, 0.2) is 0 Å². The number of hydrogen-bond donors (Lipinski definition) is 5. The third-order valence-electron chi connectivity index (χ3n) is 6.68. The Hall–Kier alpha value is -5.51. The molecule has 5 aromatic rings. The molecule has 4 amide bonds. The van der Waals surface area contributed by atoms with Gasteiger partial charge in [0, 0.05) is 33.1 Å². The molecule has 0 aliphatic carbocycles. The average molecular weight is 538 g/mol. The Labute approximate surface area is 227 Å². The number of benzene rings is 4. The van der Waals surface area contributed by atoms with Crippen LogP contribution in [0.1, 0.15) is 36.6 Å². The van der Waals surface area contributed by atoms with Gasteiger partial charge in [0.2, 0.25) is 5.91 Å². The first kappa shape index (κ1) is 26.1. The first-order chi connectivity index (χ1) is 19.1. The van der Waals surface area contributed by atoms with Gasteiger partial charge in [-0.2, -0.15) is 0 Å². The predicted molar refractivity (Wildman–Crippen MR) is 150 cm³/mol. The molecule has 0 unspecified atom stereocenters. The van der Waals surface area contributed by atoms with Crippen LogP contribution >= 0.6 is 0 Å². The van der Waals surface area contributed by atoms with Crippen LogP contribution in [0.4, 0.5) is 10.1 Å². The highest BCUT2D eigenvalue weighted by atomic mass is 19.1. The lowest BCUT2D eigenvalue weighted by molar-refractivity contribution is -0.117. The fourth-order valence-corrected chi connectivity index (χ4v) is 4.71. The second-order valence-electron chi connectivity index (χ2n) is 9.25. The van der Waals surface area contributed by atoms with Crippen molar-refractivity contribution in [1.29, 1.82) is 0 Å². The molecule has 0 radical (unpaired) electrons. The Morgan fingerprint density at radius 3 is 2.27 bits per heavy atom. The van der Waals surface area contributed by atoms with Gasteiger partial charge in [-0.05, 0) is 72.1 Å². The van der Waals surface area contributed by atoms with E-state index in [-0.39, 0.29) is 18.0 Å². The van der Waals surface area contributed by atoms with Crippen molar-refractivity contribution in [3.63, 3.8) is 0 Å². The van der Waals surface area contributed by atoms with E-state index in [1.165, 1.54) is 24.3 Å². The van der Waals surface area contributed by atoms with Crippen LogP contribution in [0.25, 0.3) is 32.9 Å². The van der Waals surface area contributed by atoms with Crippen LogP contribution in [-0.4, -0.2) is 35.2 Å². The Kier molecular flexibility index (Phi) is 6.75. The summed E-state index contributed by atoms with van der Waals surface area (Å²) in [6, 6.07) is 19.1. The molecule has 5 rings (SSSR count). The molecule has 0 aliphatic heterocycles. The molecule has 0 bridgehead atoms. The zero-order valence-corrected chi connectivity index (χ0v) is 21.3. The summed E-state index contributed by atoms with van der Waals surface area (Å²) in [6.45, 7) is 1.56. The number of carbonyl (C=O) groups excluding carboxylic acids is 4. The average Bonchev–Trinajstić information content (AvgIpc) is 3.31. The number of aromatic nitrogens is 1. The smallest absolute Gasteiger partial charge is 0.255 e. The van der Waals surface area contributed by atoms with Crippen LogP contribution in [0.15, 0.2) is 72.8 Å². The fraction of sp³-hybridized carbons (Fsp3) is 0.0667. The Balaban J connectivity index is 1.61. The van der Waals surface area contributed by atoms with Crippen LogP contribution in [0.2, 0.25) is 0 Å². The van der Waals surface area contributed by atoms with Crippen molar-refractivity contribution in [1.82, 2.24) is 10.3 Å². The van der Waals surface area contributed by atoms with E-state index in [0.29, 0.717) is 33.2 Å². The molecular weight excluding hydrogens is 513 g/mol. The van der Waals surface area contributed by atoms with E-state index in [4.69, 9.17) is 11.5 Å². The molecule has 0 spiro atoms.